The van der Waals surface area contributed by atoms with Gasteiger partial charge in [0.15, 0.2) is 12.6 Å². The van der Waals surface area contributed by atoms with E-state index >= 15 is 0 Å². The first-order chi connectivity index (χ1) is 13.6. The van der Waals surface area contributed by atoms with Crippen molar-refractivity contribution in [3.63, 3.8) is 0 Å². The summed E-state index contributed by atoms with van der Waals surface area (Å²) in [5, 5.41) is 59.9. The fourth-order valence-electron chi connectivity index (χ4n) is 3.16. The molecule has 2 fully saturated rings. The minimum absolute atomic E-state index is 0.419. The van der Waals surface area contributed by atoms with E-state index in [1.807, 2.05) is 0 Å². The van der Waals surface area contributed by atoms with Crippen molar-refractivity contribution in [2.45, 2.75) is 75.3 Å². The molecule has 2 aliphatic rings. The quantitative estimate of drug-likeness (QED) is 0.221. The van der Waals surface area contributed by atoms with E-state index in [4.69, 9.17) is 23.7 Å². The maximum Gasteiger partial charge on any atom is 0.308 e. The second-order valence-corrected chi connectivity index (χ2v) is 7.34. The number of carbonyl (C=O) groups excluding carboxylic acids is 1. The van der Waals surface area contributed by atoms with Crippen LogP contribution >= 0.6 is 0 Å². The zero-order valence-electron chi connectivity index (χ0n) is 16.4. The average molecular weight is 426 g/mol. The molecule has 2 saturated heterocycles. The van der Waals surface area contributed by atoms with Crippen LogP contribution in [0.5, 0.6) is 0 Å². The molecule has 2 heterocycles. The lowest BCUT2D eigenvalue weighted by Gasteiger charge is -2.46. The van der Waals surface area contributed by atoms with Gasteiger partial charge >= 0.3 is 5.97 Å². The number of aliphatic hydroxyl groups is 6. The Morgan fingerprint density at radius 3 is 2.10 bits per heavy atom. The summed E-state index contributed by atoms with van der Waals surface area (Å²) in [7, 11) is 1.27. The Morgan fingerprint density at radius 2 is 1.55 bits per heavy atom. The Balaban J connectivity index is 2.15. The molecule has 12 nitrogen and oxygen atoms in total. The maximum absolute atomic E-state index is 11.7. The highest BCUT2D eigenvalue weighted by Crippen LogP contribution is 2.29. The molecule has 0 aromatic heterocycles. The van der Waals surface area contributed by atoms with Gasteiger partial charge in [0, 0.05) is 7.11 Å². The number of carbonyl (C=O) groups is 1. The molecule has 10 unspecified atom stereocenters. The normalized spacial score (nSPS) is 43.4. The van der Waals surface area contributed by atoms with Gasteiger partial charge in [-0.25, -0.2) is 0 Å². The van der Waals surface area contributed by atoms with Crippen LogP contribution in [0.3, 0.4) is 0 Å². The van der Waals surface area contributed by atoms with Crippen LogP contribution in [0.25, 0.3) is 0 Å². The molecular formula is C17H30O12. The summed E-state index contributed by atoms with van der Waals surface area (Å²) in [6.07, 6.45) is -14.5. The van der Waals surface area contributed by atoms with Crippen LogP contribution in [-0.4, -0.2) is 118 Å². The van der Waals surface area contributed by atoms with E-state index in [1.54, 1.807) is 13.8 Å². The summed E-state index contributed by atoms with van der Waals surface area (Å²) in [5.74, 6) is -0.997. The lowest BCUT2D eigenvalue weighted by molar-refractivity contribution is -0.356. The van der Waals surface area contributed by atoms with Crippen LogP contribution in [-0.2, 0) is 28.5 Å². The largest absolute Gasteiger partial charge is 0.463 e. The monoisotopic (exact) mass is 426 g/mol. The highest BCUT2D eigenvalue weighted by atomic mass is 16.7. The zero-order chi connectivity index (χ0) is 21.9. The summed E-state index contributed by atoms with van der Waals surface area (Å²) in [5.41, 5.74) is 0. The molecule has 0 aliphatic carbocycles. The third-order valence-electron chi connectivity index (χ3n) is 4.90. The van der Waals surface area contributed by atoms with E-state index in [9.17, 15) is 35.4 Å². The second kappa shape index (κ2) is 10.4. The SMILES string of the molecule is COC1C(CO)OC(OC2C(COC(=O)C(C)C)OC(O)C(O)C2O)C(O)C1O. The van der Waals surface area contributed by atoms with Crippen molar-refractivity contribution in [1.82, 2.24) is 0 Å². The van der Waals surface area contributed by atoms with Crippen LogP contribution < -0.4 is 0 Å². The summed E-state index contributed by atoms with van der Waals surface area (Å²) < 4.78 is 26.2. The van der Waals surface area contributed by atoms with E-state index < -0.39 is 86.5 Å². The Morgan fingerprint density at radius 1 is 0.931 bits per heavy atom. The number of methoxy groups -OCH3 is 1. The van der Waals surface area contributed by atoms with Crippen molar-refractivity contribution < 1.29 is 59.1 Å². The van der Waals surface area contributed by atoms with Gasteiger partial charge in [-0.1, -0.05) is 13.8 Å². The van der Waals surface area contributed by atoms with Crippen LogP contribution in [0.15, 0.2) is 0 Å². The third kappa shape index (κ3) is 5.41. The smallest absolute Gasteiger partial charge is 0.308 e. The first-order valence-electron chi connectivity index (χ1n) is 9.29. The van der Waals surface area contributed by atoms with Crippen molar-refractivity contribution in [2.75, 3.05) is 20.3 Å². The van der Waals surface area contributed by atoms with Crippen molar-refractivity contribution in [3.8, 4) is 0 Å². The van der Waals surface area contributed by atoms with Gasteiger partial charge < -0.3 is 54.3 Å². The zero-order valence-corrected chi connectivity index (χ0v) is 16.4. The van der Waals surface area contributed by atoms with Crippen molar-refractivity contribution in [1.29, 1.82) is 0 Å². The first kappa shape index (κ1) is 24.3. The first-order valence-corrected chi connectivity index (χ1v) is 9.29. The molecule has 0 aromatic rings. The van der Waals surface area contributed by atoms with Gasteiger partial charge in [0.1, 0.15) is 55.4 Å². The Bertz CT molecular complexity index is 529. The predicted octanol–water partition coefficient (Wildman–Crippen LogP) is -3.54. The molecule has 0 bridgehead atoms. The van der Waals surface area contributed by atoms with Crippen LogP contribution in [0.4, 0.5) is 0 Å². The standard InChI is InChI=1S/C17H30O12/c1-6(2)15(23)26-5-8-14(9(19)11(21)16(24)27-8)29-17-12(22)10(20)13(25-3)7(4-18)28-17/h6-14,16-22,24H,4-5H2,1-3H3. The fourth-order valence-corrected chi connectivity index (χ4v) is 3.16. The van der Waals surface area contributed by atoms with E-state index in [2.05, 4.69) is 0 Å². The fraction of sp³-hybridized carbons (Fsp3) is 0.941. The van der Waals surface area contributed by atoms with Gasteiger partial charge in [0.25, 0.3) is 0 Å². The molecule has 2 rings (SSSR count). The lowest BCUT2D eigenvalue weighted by Crippen LogP contribution is -2.64. The molecule has 0 saturated carbocycles. The molecule has 2 aliphatic heterocycles. The van der Waals surface area contributed by atoms with Crippen LogP contribution in [0.2, 0.25) is 0 Å². The third-order valence-corrected chi connectivity index (χ3v) is 4.90. The predicted molar refractivity (Wildman–Crippen MR) is 92.1 cm³/mol. The van der Waals surface area contributed by atoms with Crippen LogP contribution in [0.1, 0.15) is 13.8 Å². The molecule has 12 heteroatoms. The van der Waals surface area contributed by atoms with Gasteiger partial charge in [-0.05, 0) is 0 Å². The van der Waals surface area contributed by atoms with E-state index in [1.165, 1.54) is 7.11 Å². The lowest BCUT2D eigenvalue weighted by atomic mass is 9.97. The highest BCUT2D eigenvalue weighted by molar-refractivity contribution is 5.71. The van der Waals surface area contributed by atoms with Crippen molar-refractivity contribution in [3.05, 3.63) is 0 Å². The Labute approximate surface area is 167 Å². The van der Waals surface area contributed by atoms with E-state index in [-0.39, 0.29) is 0 Å². The highest BCUT2D eigenvalue weighted by Gasteiger charge is 2.51. The van der Waals surface area contributed by atoms with Gasteiger partial charge in [-0.2, -0.15) is 0 Å². The summed E-state index contributed by atoms with van der Waals surface area (Å²) >= 11 is 0. The summed E-state index contributed by atoms with van der Waals surface area (Å²) in [6, 6.07) is 0. The van der Waals surface area contributed by atoms with Crippen molar-refractivity contribution in [2.24, 2.45) is 5.92 Å². The molecular weight excluding hydrogens is 396 g/mol. The minimum Gasteiger partial charge on any atom is -0.463 e. The number of aliphatic hydroxyl groups excluding tert-OH is 6. The number of ether oxygens (including phenoxy) is 5. The number of rotatable bonds is 7. The molecule has 10 atom stereocenters. The molecule has 0 spiro atoms. The van der Waals surface area contributed by atoms with Gasteiger partial charge in [-0.3, -0.25) is 4.79 Å². The Kier molecular flexibility index (Phi) is 8.72. The molecule has 29 heavy (non-hydrogen) atoms. The van der Waals surface area contributed by atoms with E-state index in [0.29, 0.717) is 0 Å². The van der Waals surface area contributed by atoms with Gasteiger partial charge in [0.2, 0.25) is 0 Å². The Hall–Kier alpha value is -0.930. The van der Waals surface area contributed by atoms with Crippen molar-refractivity contribution >= 4 is 5.97 Å². The van der Waals surface area contributed by atoms with Crippen LogP contribution in [0, 0.1) is 5.92 Å². The molecule has 170 valence electrons. The maximum atomic E-state index is 11.7. The molecule has 0 aromatic carbocycles. The number of hydrogen-bond acceptors (Lipinski definition) is 12. The van der Waals surface area contributed by atoms with E-state index in [0.717, 1.165) is 0 Å². The topological polar surface area (TPSA) is 185 Å². The minimum atomic E-state index is -1.77. The van der Waals surface area contributed by atoms with Gasteiger partial charge in [0.05, 0.1) is 12.5 Å². The molecule has 6 N–H and O–H groups in total. The summed E-state index contributed by atoms with van der Waals surface area (Å²) in [4.78, 5) is 11.7. The molecule has 0 radical (unpaired) electrons. The number of hydrogen-bond donors (Lipinski definition) is 6. The second-order valence-electron chi connectivity index (χ2n) is 7.34. The average Bonchev–Trinajstić information content (AvgIpc) is 2.69. The number of esters is 1. The summed E-state index contributed by atoms with van der Waals surface area (Å²) in [6.45, 7) is 2.25. The van der Waals surface area contributed by atoms with Gasteiger partial charge in [-0.15, -0.1) is 0 Å². The molecule has 0 amide bonds.